The molecule has 2 aliphatic rings. The van der Waals surface area contributed by atoms with Crippen molar-refractivity contribution in [3.63, 3.8) is 0 Å². The molecule has 1 fully saturated rings. The zero-order valence-electron chi connectivity index (χ0n) is 14.1. The Kier molecular flexibility index (Phi) is 3.57. The Labute approximate surface area is 142 Å². The van der Waals surface area contributed by atoms with Gasteiger partial charge in [-0.25, -0.2) is 0 Å². The highest BCUT2D eigenvalue weighted by molar-refractivity contribution is 5.46. The maximum atomic E-state index is 9.92. The SMILES string of the molecule is CC1(c2ccc(O)cc2)CCCc2cc(O)ccc2C12CCCO2. The first kappa shape index (κ1) is 15.5. The molecule has 2 aromatic rings. The van der Waals surface area contributed by atoms with Crippen LogP contribution in [0.15, 0.2) is 42.5 Å². The van der Waals surface area contributed by atoms with Crippen LogP contribution in [0.1, 0.15) is 49.3 Å². The van der Waals surface area contributed by atoms with Gasteiger partial charge in [0.25, 0.3) is 0 Å². The monoisotopic (exact) mass is 324 g/mol. The van der Waals surface area contributed by atoms with Crippen LogP contribution in [0, 0.1) is 0 Å². The van der Waals surface area contributed by atoms with Gasteiger partial charge in [-0.2, -0.15) is 0 Å². The van der Waals surface area contributed by atoms with E-state index in [1.54, 1.807) is 18.2 Å². The zero-order valence-corrected chi connectivity index (χ0v) is 14.1. The summed E-state index contributed by atoms with van der Waals surface area (Å²) >= 11 is 0. The Morgan fingerprint density at radius 3 is 2.38 bits per heavy atom. The molecule has 0 saturated carbocycles. The van der Waals surface area contributed by atoms with Gasteiger partial charge in [0.1, 0.15) is 17.1 Å². The molecule has 1 aliphatic heterocycles. The van der Waals surface area contributed by atoms with Crippen LogP contribution in [0.4, 0.5) is 0 Å². The molecule has 126 valence electrons. The fourth-order valence-electron chi connectivity index (χ4n) is 4.81. The first-order valence-electron chi connectivity index (χ1n) is 8.81. The van der Waals surface area contributed by atoms with E-state index in [4.69, 9.17) is 4.74 Å². The fourth-order valence-corrected chi connectivity index (χ4v) is 4.81. The summed E-state index contributed by atoms with van der Waals surface area (Å²) in [5.74, 6) is 0.623. The molecule has 0 radical (unpaired) electrons. The second kappa shape index (κ2) is 5.52. The Morgan fingerprint density at radius 2 is 1.67 bits per heavy atom. The molecule has 0 bridgehead atoms. The number of phenolic OH excluding ortho intramolecular Hbond substituents is 2. The number of hydrogen-bond acceptors (Lipinski definition) is 3. The van der Waals surface area contributed by atoms with Crippen LogP contribution in [0.5, 0.6) is 11.5 Å². The van der Waals surface area contributed by atoms with Gasteiger partial charge in [0.05, 0.1) is 0 Å². The number of aryl methyl sites for hydroxylation is 1. The van der Waals surface area contributed by atoms with Crippen LogP contribution in [0.2, 0.25) is 0 Å². The Hall–Kier alpha value is -2.00. The van der Waals surface area contributed by atoms with E-state index in [-0.39, 0.29) is 11.0 Å². The van der Waals surface area contributed by atoms with E-state index < -0.39 is 0 Å². The van der Waals surface area contributed by atoms with Gasteiger partial charge in [0.2, 0.25) is 0 Å². The van der Waals surface area contributed by atoms with E-state index in [9.17, 15) is 10.2 Å². The lowest BCUT2D eigenvalue weighted by Gasteiger charge is -2.46. The number of hydrogen-bond donors (Lipinski definition) is 2. The summed E-state index contributed by atoms with van der Waals surface area (Å²) in [6.45, 7) is 3.07. The quantitative estimate of drug-likeness (QED) is 0.817. The molecule has 0 amide bonds. The number of rotatable bonds is 1. The molecule has 0 aromatic heterocycles. The third-order valence-electron chi connectivity index (χ3n) is 6.06. The number of phenols is 2. The number of ether oxygens (including phenoxy) is 1. The van der Waals surface area contributed by atoms with Crippen molar-refractivity contribution < 1.29 is 14.9 Å². The van der Waals surface area contributed by atoms with E-state index in [2.05, 4.69) is 13.0 Å². The Morgan fingerprint density at radius 1 is 0.917 bits per heavy atom. The largest absolute Gasteiger partial charge is 0.508 e. The smallest absolute Gasteiger partial charge is 0.115 e. The normalized spacial score (nSPS) is 29.4. The molecule has 3 nitrogen and oxygen atoms in total. The summed E-state index contributed by atoms with van der Waals surface area (Å²) in [7, 11) is 0. The van der Waals surface area contributed by atoms with Crippen molar-refractivity contribution in [3.8, 4) is 11.5 Å². The predicted molar refractivity (Wildman–Crippen MR) is 93.4 cm³/mol. The van der Waals surface area contributed by atoms with Crippen molar-refractivity contribution >= 4 is 0 Å². The summed E-state index contributed by atoms with van der Waals surface area (Å²) in [6, 6.07) is 13.3. The third kappa shape index (κ3) is 2.15. The maximum Gasteiger partial charge on any atom is 0.115 e. The maximum absolute atomic E-state index is 9.92. The van der Waals surface area contributed by atoms with E-state index in [0.29, 0.717) is 11.5 Å². The second-order valence-electron chi connectivity index (χ2n) is 7.35. The van der Waals surface area contributed by atoms with E-state index in [1.165, 1.54) is 16.7 Å². The summed E-state index contributed by atoms with van der Waals surface area (Å²) in [5, 5.41) is 19.6. The van der Waals surface area contributed by atoms with Gasteiger partial charge < -0.3 is 14.9 Å². The molecule has 2 atom stereocenters. The van der Waals surface area contributed by atoms with Crippen LogP contribution in [0.3, 0.4) is 0 Å². The number of fused-ring (bicyclic) bond motifs is 2. The second-order valence-corrected chi connectivity index (χ2v) is 7.35. The van der Waals surface area contributed by atoms with E-state index in [0.717, 1.165) is 38.7 Å². The van der Waals surface area contributed by atoms with Gasteiger partial charge >= 0.3 is 0 Å². The zero-order chi connectivity index (χ0) is 16.8. The molecule has 2 aromatic carbocycles. The van der Waals surface area contributed by atoms with Gasteiger partial charge in [-0.3, -0.25) is 0 Å². The van der Waals surface area contributed by atoms with Gasteiger partial charge in [-0.1, -0.05) is 25.1 Å². The number of aromatic hydroxyl groups is 2. The lowest BCUT2D eigenvalue weighted by molar-refractivity contribution is -0.0646. The van der Waals surface area contributed by atoms with Gasteiger partial charge in [0.15, 0.2) is 0 Å². The fraction of sp³-hybridized carbons (Fsp3) is 0.429. The predicted octanol–water partition coefficient (Wildman–Crippen LogP) is 4.40. The average Bonchev–Trinajstić information content (AvgIpc) is 3.02. The van der Waals surface area contributed by atoms with Crippen LogP contribution >= 0.6 is 0 Å². The number of benzene rings is 2. The summed E-state index contributed by atoms with van der Waals surface area (Å²) < 4.78 is 6.48. The summed E-state index contributed by atoms with van der Waals surface area (Å²) in [4.78, 5) is 0. The lowest BCUT2D eigenvalue weighted by atomic mass is 9.63. The Bertz CT molecular complexity index is 744. The van der Waals surface area contributed by atoms with Crippen LogP contribution in [-0.4, -0.2) is 16.8 Å². The highest BCUT2D eigenvalue weighted by Gasteiger charge is 2.54. The molecule has 4 rings (SSSR count). The highest BCUT2D eigenvalue weighted by Crippen LogP contribution is 2.56. The minimum atomic E-state index is -0.358. The molecule has 2 unspecified atom stereocenters. The minimum absolute atomic E-state index is 0.153. The van der Waals surface area contributed by atoms with E-state index in [1.807, 2.05) is 18.2 Å². The molecular formula is C21H24O3. The molecule has 2 N–H and O–H groups in total. The lowest BCUT2D eigenvalue weighted by Crippen LogP contribution is -2.46. The summed E-state index contributed by atoms with van der Waals surface area (Å²) in [5.41, 5.74) is 3.14. The third-order valence-corrected chi connectivity index (χ3v) is 6.06. The topological polar surface area (TPSA) is 49.7 Å². The first-order chi connectivity index (χ1) is 11.6. The van der Waals surface area contributed by atoms with E-state index >= 15 is 0 Å². The van der Waals surface area contributed by atoms with Crippen molar-refractivity contribution in [2.75, 3.05) is 6.61 Å². The Balaban J connectivity index is 1.93. The van der Waals surface area contributed by atoms with Crippen molar-refractivity contribution in [2.24, 2.45) is 0 Å². The van der Waals surface area contributed by atoms with Crippen molar-refractivity contribution in [2.45, 2.75) is 50.0 Å². The van der Waals surface area contributed by atoms with Crippen LogP contribution in [0.25, 0.3) is 0 Å². The standard InChI is InChI=1S/C21H24O3/c1-20(16-5-7-17(22)8-6-16)11-2-4-15-14-18(23)9-10-19(15)21(20)12-3-13-24-21/h5-10,14,22-23H,2-4,11-13H2,1H3. The van der Waals surface area contributed by atoms with Crippen molar-refractivity contribution in [1.29, 1.82) is 0 Å². The molecule has 3 heteroatoms. The van der Waals surface area contributed by atoms with Gasteiger partial charge in [-0.05, 0) is 73.1 Å². The molecule has 24 heavy (non-hydrogen) atoms. The molecule has 1 saturated heterocycles. The summed E-state index contributed by atoms with van der Waals surface area (Å²) in [6.07, 6.45) is 5.07. The first-order valence-corrected chi connectivity index (χ1v) is 8.81. The average molecular weight is 324 g/mol. The highest BCUT2D eigenvalue weighted by atomic mass is 16.5. The van der Waals surface area contributed by atoms with Gasteiger partial charge in [0, 0.05) is 12.0 Å². The molecular weight excluding hydrogens is 300 g/mol. The van der Waals surface area contributed by atoms with Crippen LogP contribution < -0.4 is 0 Å². The molecule has 1 spiro atoms. The molecule has 1 heterocycles. The minimum Gasteiger partial charge on any atom is -0.508 e. The molecule has 1 aliphatic carbocycles. The van der Waals surface area contributed by atoms with Crippen molar-refractivity contribution in [1.82, 2.24) is 0 Å². The van der Waals surface area contributed by atoms with Gasteiger partial charge in [-0.15, -0.1) is 0 Å². The van der Waals surface area contributed by atoms with Crippen LogP contribution in [-0.2, 0) is 22.2 Å². The van der Waals surface area contributed by atoms with Crippen molar-refractivity contribution in [3.05, 3.63) is 59.2 Å².